The van der Waals surface area contributed by atoms with E-state index in [4.69, 9.17) is 28.4 Å². The quantitative estimate of drug-likeness (QED) is 0.147. The van der Waals surface area contributed by atoms with E-state index in [0.29, 0.717) is 0 Å². The highest BCUT2D eigenvalue weighted by atomic mass is 16.6. The van der Waals surface area contributed by atoms with Gasteiger partial charge in [0.1, 0.15) is 53.8 Å². The van der Waals surface area contributed by atoms with Gasteiger partial charge >= 0.3 is 35.8 Å². The average Bonchev–Trinajstić information content (AvgIpc) is 3.00. The van der Waals surface area contributed by atoms with Crippen LogP contribution in [0.3, 0.4) is 0 Å². The van der Waals surface area contributed by atoms with Crippen LogP contribution in [0.1, 0.15) is 65.2 Å². The molecule has 0 fully saturated rings. The van der Waals surface area contributed by atoms with Gasteiger partial charge in [-0.05, 0) is 42.8 Å². The molecule has 0 aliphatic rings. The summed E-state index contributed by atoms with van der Waals surface area (Å²) in [7, 11) is 0. The van der Waals surface area contributed by atoms with E-state index in [9.17, 15) is 28.8 Å². The first-order chi connectivity index (χ1) is 21.4. The molecule has 3 rings (SSSR count). The van der Waals surface area contributed by atoms with E-state index in [-0.39, 0.29) is 40.4 Å². The highest BCUT2D eigenvalue weighted by Gasteiger charge is 2.36. The fourth-order valence-corrected chi connectivity index (χ4v) is 3.96. The minimum atomic E-state index is -1.27. The fourth-order valence-electron chi connectivity index (χ4n) is 3.96. The summed E-state index contributed by atoms with van der Waals surface area (Å²) in [6.45, 7) is 4.09. The Morgan fingerprint density at radius 2 is 0.756 bits per heavy atom. The van der Waals surface area contributed by atoms with E-state index >= 15 is 0 Å². The molecule has 0 radical (unpaired) electrons. The Kier molecular flexibility index (Phi) is 11.9. The molecule has 12 nitrogen and oxygen atoms in total. The van der Waals surface area contributed by atoms with Crippen molar-refractivity contribution in [3.8, 4) is 17.2 Å². The lowest BCUT2D eigenvalue weighted by atomic mass is 9.88. The zero-order valence-corrected chi connectivity index (χ0v) is 25.2. The lowest BCUT2D eigenvalue weighted by Gasteiger charge is -2.31. The molecule has 0 bridgehead atoms. The monoisotopic (exact) mass is 620 g/mol. The molecule has 3 aromatic rings. The molecule has 0 spiro atoms. The third-order valence-electron chi connectivity index (χ3n) is 6.36. The third kappa shape index (κ3) is 9.75. The zero-order valence-electron chi connectivity index (χ0n) is 25.2. The summed E-state index contributed by atoms with van der Waals surface area (Å²) >= 11 is 0. The standard InChI is InChI=1S/C33H32O12/c1-5-33(18-40-30(37)24-12-6-9-15-27(24)43-21(2)34,19-41-31(38)25-13-7-10-16-28(25)44-22(3)35)20-42-32(39)26-14-8-11-17-29(26)45-23(4)36/h6-17H,5,18-20H2,1-4H3. The predicted octanol–water partition coefficient (Wildman–Crippen LogP) is 4.73. The van der Waals surface area contributed by atoms with Crippen molar-refractivity contribution in [2.45, 2.75) is 34.1 Å². The first-order valence-electron chi connectivity index (χ1n) is 13.8. The van der Waals surface area contributed by atoms with Gasteiger partial charge in [-0.25, -0.2) is 14.4 Å². The SMILES string of the molecule is CCC(COC(=O)c1ccccc1OC(C)=O)(COC(=O)c1ccccc1OC(C)=O)COC(=O)c1ccccc1OC(C)=O. The largest absolute Gasteiger partial charge is 0.461 e. The fraction of sp³-hybridized carbons (Fsp3) is 0.273. The summed E-state index contributed by atoms with van der Waals surface area (Å²) in [6, 6.07) is 17.9. The Bertz CT molecular complexity index is 1390. The first-order valence-corrected chi connectivity index (χ1v) is 13.8. The van der Waals surface area contributed by atoms with Gasteiger partial charge in [-0.3, -0.25) is 14.4 Å². The number of benzene rings is 3. The molecule has 3 aromatic carbocycles. The van der Waals surface area contributed by atoms with Crippen molar-refractivity contribution >= 4 is 35.8 Å². The molecule has 0 heterocycles. The van der Waals surface area contributed by atoms with Crippen molar-refractivity contribution in [2.24, 2.45) is 5.41 Å². The summed E-state index contributed by atoms with van der Waals surface area (Å²) in [5.41, 5.74) is -1.36. The number of carbonyl (C=O) groups excluding carboxylic acids is 6. The van der Waals surface area contributed by atoms with Crippen LogP contribution < -0.4 is 14.2 Å². The maximum Gasteiger partial charge on any atom is 0.341 e. The predicted molar refractivity (Wildman–Crippen MR) is 157 cm³/mol. The number of hydrogen-bond donors (Lipinski definition) is 0. The third-order valence-corrected chi connectivity index (χ3v) is 6.36. The second kappa shape index (κ2) is 15.8. The van der Waals surface area contributed by atoms with Crippen molar-refractivity contribution in [2.75, 3.05) is 19.8 Å². The summed E-state index contributed by atoms with van der Waals surface area (Å²) in [5, 5.41) is 0. The Hall–Kier alpha value is -5.52. The Labute approximate surface area is 259 Å². The van der Waals surface area contributed by atoms with Gasteiger partial charge in [0.15, 0.2) is 0 Å². The molecule has 0 saturated heterocycles. The van der Waals surface area contributed by atoms with Crippen molar-refractivity contribution in [1.29, 1.82) is 0 Å². The average molecular weight is 621 g/mol. The van der Waals surface area contributed by atoms with E-state index in [0.717, 1.165) is 0 Å². The number of carbonyl (C=O) groups is 6. The smallest absolute Gasteiger partial charge is 0.341 e. The summed E-state index contributed by atoms with van der Waals surface area (Å²) in [6.07, 6.45) is 0.184. The Balaban J connectivity index is 1.86. The van der Waals surface area contributed by atoms with E-state index in [1.165, 1.54) is 57.2 Å². The van der Waals surface area contributed by atoms with Gasteiger partial charge in [0.2, 0.25) is 0 Å². The highest BCUT2D eigenvalue weighted by molar-refractivity contribution is 5.95. The second-order valence-electron chi connectivity index (χ2n) is 9.85. The zero-order chi connectivity index (χ0) is 33.0. The van der Waals surface area contributed by atoms with Crippen LogP contribution in [0.25, 0.3) is 0 Å². The number of rotatable bonds is 13. The molecule has 45 heavy (non-hydrogen) atoms. The lowest BCUT2D eigenvalue weighted by Crippen LogP contribution is -2.39. The molecule has 0 aliphatic carbocycles. The normalized spacial score (nSPS) is 10.7. The molecule has 236 valence electrons. The minimum Gasteiger partial charge on any atom is -0.461 e. The van der Waals surface area contributed by atoms with E-state index in [2.05, 4.69) is 0 Å². The van der Waals surface area contributed by atoms with Crippen LogP contribution in [-0.2, 0) is 28.6 Å². The summed E-state index contributed by atoms with van der Waals surface area (Å²) < 4.78 is 32.1. The van der Waals surface area contributed by atoms with Gasteiger partial charge in [-0.15, -0.1) is 0 Å². The van der Waals surface area contributed by atoms with Crippen LogP contribution in [0.15, 0.2) is 72.8 Å². The van der Waals surface area contributed by atoms with Crippen LogP contribution >= 0.6 is 0 Å². The molecule has 0 aliphatic heterocycles. The number of ether oxygens (including phenoxy) is 6. The topological polar surface area (TPSA) is 158 Å². The van der Waals surface area contributed by atoms with Gasteiger partial charge in [-0.1, -0.05) is 43.3 Å². The first kappa shape index (κ1) is 34.0. The van der Waals surface area contributed by atoms with Crippen LogP contribution in [0.5, 0.6) is 17.2 Å². The lowest BCUT2D eigenvalue weighted by molar-refractivity contribution is -0.132. The van der Waals surface area contributed by atoms with Crippen LogP contribution in [0.4, 0.5) is 0 Å². The van der Waals surface area contributed by atoms with Gasteiger partial charge in [0.05, 0.1) is 5.41 Å². The molecule has 0 amide bonds. The van der Waals surface area contributed by atoms with Crippen molar-refractivity contribution in [3.05, 3.63) is 89.5 Å². The Morgan fingerprint density at radius 3 is 1.00 bits per heavy atom. The molecule has 0 atom stereocenters. The van der Waals surface area contributed by atoms with Crippen molar-refractivity contribution < 1.29 is 57.2 Å². The molecule has 0 unspecified atom stereocenters. The van der Waals surface area contributed by atoms with Crippen molar-refractivity contribution in [3.63, 3.8) is 0 Å². The second-order valence-corrected chi connectivity index (χ2v) is 9.85. The number of para-hydroxylation sites is 3. The van der Waals surface area contributed by atoms with Crippen LogP contribution in [0, 0.1) is 5.41 Å². The summed E-state index contributed by atoms with van der Waals surface area (Å²) in [4.78, 5) is 73.9. The van der Waals surface area contributed by atoms with Gasteiger partial charge in [0.25, 0.3) is 0 Å². The van der Waals surface area contributed by atoms with E-state index in [1.807, 2.05) is 0 Å². The molecular formula is C33H32O12. The molecular weight excluding hydrogens is 588 g/mol. The molecule has 0 N–H and O–H groups in total. The number of hydrogen-bond acceptors (Lipinski definition) is 12. The molecule has 0 aromatic heterocycles. The summed E-state index contributed by atoms with van der Waals surface area (Å²) in [5.74, 6) is -4.49. The van der Waals surface area contributed by atoms with E-state index < -0.39 is 61.1 Å². The van der Waals surface area contributed by atoms with Gasteiger partial charge < -0.3 is 28.4 Å². The maximum atomic E-state index is 13.1. The highest BCUT2D eigenvalue weighted by Crippen LogP contribution is 2.29. The van der Waals surface area contributed by atoms with Gasteiger partial charge in [-0.2, -0.15) is 0 Å². The van der Waals surface area contributed by atoms with E-state index in [1.54, 1.807) is 43.3 Å². The molecule has 12 heteroatoms. The number of esters is 6. The van der Waals surface area contributed by atoms with Crippen molar-refractivity contribution in [1.82, 2.24) is 0 Å². The van der Waals surface area contributed by atoms with Crippen LogP contribution in [0.2, 0.25) is 0 Å². The molecule has 0 saturated carbocycles. The van der Waals surface area contributed by atoms with Crippen LogP contribution in [-0.4, -0.2) is 55.6 Å². The minimum absolute atomic E-state index is 0.0147. The van der Waals surface area contributed by atoms with Gasteiger partial charge in [0, 0.05) is 20.8 Å². The maximum absolute atomic E-state index is 13.1. The Morgan fingerprint density at radius 1 is 0.489 bits per heavy atom.